The van der Waals surface area contributed by atoms with Crippen LogP contribution in [-0.4, -0.2) is 22.8 Å². The molecule has 0 radical (unpaired) electrons. The third kappa shape index (κ3) is 5.43. The average Bonchev–Trinajstić information content (AvgIpc) is 3.86. The van der Waals surface area contributed by atoms with E-state index >= 15 is 0 Å². The van der Waals surface area contributed by atoms with E-state index in [-0.39, 0.29) is 0 Å². The van der Waals surface area contributed by atoms with Gasteiger partial charge in [-0.3, -0.25) is 0 Å². The standard InChI is InChI=1S/C54H42N4/c1-35-19-5-11-27-41(35)49-50(42-28-12-6-20-36(42)2)56-53(55-49,47-33-17-25-39-23-9-15-31-45(39)47)54(48-34-18-26-40-24-10-16-32-46(40)48)57-51(43-29-13-7-21-37(43)3)52(58-54)44-30-14-8-22-38(44)4/h5-34H,1-4H3. The fraction of sp³-hybridized carbons (Fsp3) is 0.111. The molecular weight excluding hydrogens is 705 g/mol. The maximum Gasteiger partial charge on any atom is 0.227 e. The van der Waals surface area contributed by atoms with E-state index in [1.807, 2.05) is 0 Å². The summed E-state index contributed by atoms with van der Waals surface area (Å²) < 4.78 is 0. The summed E-state index contributed by atoms with van der Waals surface area (Å²) in [6, 6.07) is 64.2. The number of aryl methyl sites for hydroxylation is 4. The van der Waals surface area contributed by atoms with E-state index in [2.05, 4.69) is 210 Å². The number of aliphatic imine (C=N–C) groups is 4. The van der Waals surface area contributed by atoms with Gasteiger partial charge in [-0.15, -0.1) is 0 Å². The molecule has 8 aromatic carbocycles. The molecule has 0 unspecified atom stereocenters. The lowest BCUT2D eigenvalue weighted by Gasteiger charge is -2.39. The Hall–Kier alpha value is -7.04. The number of hydrogen-bond donors (Lipinski definition) is 0. The Morgan fingerprint density at radius 1 is 0.276 bits per heavy atom. The second-order valence-electron chi connectivity index (χ2n) is 15.5. The van der Waals surface area contributed by atoms with Gasteiger partial charge in [0.25, 0.3) is 0 Å². The molecule has 0 aliphatic carbocycles. The monoisotopic (exact) mass is 746 g/mol. The van der Waals surface area contributed by atoms with E-state index in [0.29, 0.717) is 0 Å². The molecule has 10 rings (SSSR count). The second kappa shape index (κ2) is 13.9. The molecular formula is C54H42N4. The van der Waals surface area contributed by atoms with Crippen LogP contribution in [0.2, 0.25) is 0 Å². The molecule has 0 amide bonds. The predicted molar refractivity (Wildman–Crippen MR) is 242 cm³/mol. The fourth-order valence-corrected chi connectivity index (χ4v) is 9.00. The highest BCUT2D eigenvalue weighted by Crippen LogP contribution is 2.57. The number of hydrogen-bond acceptors (Lipinski definition) is 4. The van der Waals surface area contributed by atoms with Crippen LogP contribution in [0.1, 0.15) is 55.6 Å². The van der Waals surface area contributed by atoms with Gasteiger partial charge in [0.1, 0.15) is 0 Å². The zero-order valence-corrected chi connectivity index (χ0v) is 33.1. The number of fused-ring (bicyclic) bond motifs is 2. The van der Waals surface area contributed by atoms with E-state index in [4.69, 9.17) is 20.0 Å². The van der Waals surface area contributed by atoms with Crippen molar-refractivity contribution in [3.8, 4) is 0 Å². The SMILES string of the molecule is Cc1ccccc1C1=NC(c2cccc3ccccc23)(C2(c3cccc4ccccc34)N=C(c3ccccc3C)C(c3ccccc3C)=N2)N=C1c1ccccc1C. The Morgan fingerprint density at radius 3 is 0.845 bits per heavy atom. The van der Waals surface area contributed by atoms with Crippen molar-refractivity contribution in [1.82, 2.24) is 0 Å². The first-order valence-electron chi connectivity index (χ1n) is 20.0. The minimum Gasteiger partial charge on any atom is -0.243 e. The summed E-state index contributed by atoms with van der Waals surface area (Å²) in [5.74, 6) is 0. The van der Waals surface area contributed by atoms with Crippen LogP contribution in [0.25, 0.3) is 21.5 Å². The lowest BCUT2D eigenvalue weighted by molar-refractivity contribution is 0.261. The first-order valence-corrected chi connectivity index (χ1v) is 20.0. The Kier molecular flexibility index (Phi) is 8.45. The fourth-order valence-electron chi connectivity index (χ4n) is 9.00. The molecule has 0 saturated heterocycles. The third-order valence-electron chi connectivity index (χ3n) is 12.0. The second-order valence-corrected chi connectivity index (χ2v) is 15.5. The van der Waals surface area contributed by atoms with Crippen LogP contribution in [0, 0.1) is 27.7 Å². The molecule has 0 saturated carbocycles. The van der Waals surface area contributed by atoms with Crippen molar-refractivity contribution in [3.05, 3.63) is 238 Å². The summed E-state index contributed by atoms with van der Waals surface area (Å²) in [6.07, 6.45) is 0. The molecule has 8 aromatic rings. The van der Waals surface area contributed by atoms with Crippen molar-refractivity contribution in [1.29, 1.82) is 0 Å². The summed E-state index contributed by atoms with van der Waals surface area (Å²) in [4.78, 5) is 24.4. The molecule has 0 atom stereocenters. The zero-order valence-electron chi connectivity index (χ0n) is 33.1. The summed E-state index contributed by atoms with van der Waals surface area (Å²) in [5, 5.41) is 4.31. The van der Waals surface area contributed by atoms with Gasteiger partial charge < -0.3 is 0 Å². The minimum atomic E-state index is -1.41. The smallest absolute Gasteiger partial charge is 0.227 e. The molecule has 58 heavy (non-hydrogen) atoms. The van der Waals surface area contributed by atoms with Crippen LogP contribution in [0.4, 0.5) is 0 Å². The summed E-state index contributed by atoms with van der Waals surface area (Å²) in [7, 11) is 0. The van der Waals surface area contributed by atoms with Gasteiger partial charge in [0.05, 0.1) is 22.8 Å². The number of benzene rings is 8. The highest BCUT2D eigenvalue weighted by molar-refractivity contribution is 6.56. The van der Waals surface area contributed by atoms with E-state index in [9.17, 15) is 0 Å². The van der Waals surface area contributed by atoms with Gasteiger partial charge >= 0.3 is 0 Å². The first-order chi connectivity index (χ1) is 28.4. The first kappa shape index (κ1) is 35.4. The maximum absolute atomic E-state index is 6.11. The van der Waals surface area contributed by atoms with Crippen LogP contribution in [0.5, 0.6) is 0 Å². The van der Waals surface area contributed by atoms with Crippen molar-refractivity contribution in [2.75, 3.05) is 0 Å². The molecule has 0 bridgehead atoms. The molecule has 2 aliphatic rings. The topological polar surface area (TPSA) is 49.4 Å². The van der Waals surface area contributed by atoms with Gasteiger partial charge in [-0.25, -0.2) is 20.0 Å². The van der Waals surface area contributed by atoms with Crippen LogP contribution in [0.3, 0.4) is 0 Å². The Labute approximate surface area is 339 Å². The summed E-state index contributed by atoms with van der Waals surface area (Å²) in [5.41, 5.74) is 11.0. The molecule has 0 fully saturated rings. The van der Waals surface area contributed by atoms with Crippen molar-refractivity contribution >= 4 is 44.4 Å². The summed E-state index contributed by atoms with van der Waals surface area (Å²) in [6.45, 7) is 8.63. The number of nitrogens with zero attached hydrogens (tertiary/aromatic N) is 4. The van der Waals surface area contributed by atoms with Crippen molar-refractivity contribution < 1.29 is 0 Å². The minimum absolute atomic E-state index is 0.826. The Balaban J connectivity index is 1.46. The predicted octanol–water partition coefficient (Wildman–Crippen LogP) is 12.2. The molecule has 4 heteroatoms. The highest BCUT2D eigenvalue weighted by Gasteiger charge is 2.61. The molecule has 278 valence electrons. The van der Waals surface area contributed by atoms with E-state index in [0.717, 1.165) is 100 Å². The van der Waals surface area contributed by atoms with Crippen LogP contribution < -0.4 is 0 Å². The van der Waals surface area contributed by atoms with Gasteiger partial charge in [-0.05, 0) is 71.5 Å². The van der Waals surface area contributed by atoms with Crippen LogP contribution in [-0.2, 0) is 11.3 Å². The van der Waals surface area contributed by atoms with Crippen molar-refractivity contribution in [2.45, 2.75) is 39.0 Å². The van der Waals surface area contributed by atoms with Crippen LogP contribution >= 0.6 is 0 Å². The Bertz CT molecular complexity index is 2730. The molecule has 0 aromatic heterocycles. The van der Waals surface area contributed by atoms with Gasteiger partial charge in [0.2, 0.25) is 11.3 Å². The molecule has 2 heterocycles. The quantitative estimate of drug-likeness (QED) is 0.156. The van der Waals surface area contributed by atoms with Gasteiger partial charge in [0, 0.05) is 33.4 Å². The van der Waals surface area contributed by atoms with Gasteiger partial charge in [-0.1, -0.05) is 182 Å². The molecule has 0 N–H and O–H groups in total. The van der Waals surface area contributed by atoms with Crippen molar-refractivity contribution in [3.63, 3.8) is 0 Å². The van der Waals surface area contributed by atoms with E-state index in [1.165, 1.54) is 0 Å². The lowest BCUT2D eigenvalue weighted by atomic mass is 9.78. The van der Waals surface area contributed by atoms with E-state index < -0.39 is 11.3 Å². The van der Waals surface area contributed by atoms with Crippen LogP contribution in [0.15, 0.2) is 202 Å². The lowest BCUT2D eigenvalue weighted by Crippen LogP contribution is -2.43. The average molecular weight is 747 g/mol. The van der Waals surface area contributed by atoms with Crippen molar-refractivity contribution in [2.24, 2.45) is 20.0 Å². The maximum atomic E-state index is 6.11. The molecule has 2 aliphatic heterocycles. The zero-order chi connectivity index (χ0) is 39.4. The normalized spacial score (nSPS) is 15.6. The van der Waals surface area contributed by atoms with Gasteiger partial charge in [-0.2, -0.15) is 0 Å². The van der Waals surface area contributed by atoms with E-state index in [1.54, 1.807) is 0 Å². The van der Waals surface area contributed by atoms with Gasteiger partial charge in [0.15, 0.2) is 0 Å². The third-order valence-corrected chi connectivity index (χ3v) is 12.0. The molecule has 0 spiro atoms. The number of rotatable bonds is 7. The largest absolute Gasteiger partial charge is 0.243 e. The summed E-state index contributed by atoms with van der Waals surface area (Å²) >= 11 is 0. The Morgan fingerprint density at radius 2 is 0.534 bits per heavy atom. The highest BCUT2D eigenvalue weighted by atomic mass is 15.3. The molecule has 4 nitrogen and oxygen atoms in total.